The molecule has 1 saturated carbocycles. The zero-order valence-corrected chi connectivity index (χ0v) is 41.4. The molecule has 3 aromatic rings. The van der Waals surface area contributed by atoms with Gasteiger partial charge in [-0.1, -0.05) is 48.4 Å². The number of nitrogens with zero attached hydrogens (tertiary/aromatic N) is 3. The van der Waals surface area contributed by atoms with Crippen molar-refractivity contribution in [2.24, 2.45) is 0 Å². The molecule has 20 heteroatoms. The Bertz CT molecular complexity index is 2330. The zero-order chi connectivity index (χ0) is 49.6. The third-order valence-corrected chi connectivity index (χ3v) is 13.8. The number of methoxy groups -OCH3 is 2. The minimum absolute atomic E-state index is 0.0651. The number of amides is 4. The topological polar surface area (TPSA) is 219 Å². The summed E-state index contributed by atoms with van der Waals surface area (Å²) in [6, 6.07) is 9.06. The number of likely N-dealkylation sites (tertiary alicyclic amines) is 1. The highest BCUT2D eigenvalue weighted by molar-refractivity contribution is 8.77. The van der Waals surface area contributed by atoms with E-state index in [1.54, 1.807) is 43.9 Å². The lowest BCUT2D eigenvalue weighted by Crippen LogP contribution is -2.34. The number of ether oxygens (including phenoxy) is 6. The number of carbonyl (C=O) groups is 4. The number of unbranched alkanes of at least 4 members (excludes halogenated alkanes) is 2. The van der Waals surface area contributed by atoms with E-state index in [1.807, 2.05) is 13.8 Å². The van der Waals surface area contributed by atoms with Gasteiger partial charge in [0.05, 0.1) is 59.6 Å². The number of rotatable bonds is 24. The van der Waals surface area contributed by atoms with Crippen molar-refractivity contribution in [2.45, 2.75) is 107 Å². The van der Waals surface area contributed by atoms with Crippen LogP contribution in [-0.2, 0) is 9.47 Å². The first-order valence-corrected chi connectivity index (χ1v) is 24.5. The number of hydrogen-bond acceptors (Lipinski definition) is 15. The fraction of sp³-hybridized carbons (Fsp3) is 0.479. The summed E-state index contributed by atoms with van der Waals surface area (Å²) in [6.45, 7) is 18.6. The van der Waals surface area contributed by atoms with E-state index in [4.69, 9.17) is 28.4 Å². The molecule has 0 radical (unpaired) electrons. The Morgan fingerprint density at radius 3 is 2.07 bits per heavy atom. The molecule has 1 aromatic heterocycles. The molecule has 68 heavy (non-hydrogen) atoms. The van der Waals surface area contributed by atoms with Gasteiger partial charge in [-0.15, -0.1) is 0 Å². The first-order chi connectivity index (χ1) is 32.3. The van der Waals surface area contributed by atoms with Gasteiger partial charge in [-0.25, -0.2) is 14.6 Å². The van der Waals surface area contributed by atoms with E-state index < -0.39 is 28.6 Å². The van der Waals surface area contributed by atoms with Crippen molar-refractivity contribution >= 4 is 62.7 Å². The van der Waals surface area contributed by atoms with Gasteiger partial charge in [0.1, 0.15) is 23.4 Å². The highest BCUT2D eigenvalue weighted by atomic mass is 33.1. The van der Waals surface area contributed by atoms with Crippen LogP contribution in [0, 0.1) is 10.1 Å². The number of nitro groups is 1. The third-order valence-electron chi connectivity index (χ3n) is 10.6. The fourth-order valence-electron chi connectivity index (χ4n) is 6.95. The van der Waals surface area contributed by atoms with Crippen molar-refractivity contribution in [2.75, 3.05) is 57.8 Å². The number of nitrogens with one attached hydrogen (secondary N) is 3. The molecule has 1 saturated heterocycles. The van der Waals surface area contributed by atoms with Gasteiger partial charge < -0.3 is 38.6 Å². The minimum Gasteiger partial charge on any atom is -0.493 e. The van der Waals surface area contributed by atoms with Crippen LogP contribution in [0.1, 0.15) is 107 Å². The first-order valence-electron chi connectivity index (χ1n) is 22.4. The average molecular weight is 979 g/mol. The summed E-state index contributed by atoms with van der Waals surface area (Å²) in [7, 11) is 5.77. The van der Waals surface area contributed by atoms with Crippen molar-refractivity contribution in [3.63, 3.8) is 0 Å². The minimum atomic E-state index is -0.770. The highest BCUT2D eigenvalue weighted by Gasteiger charge is 2.45. The van der Waals surface area contributed by atoms with Crippen LogP contribution in [0.15, 0.2) is 71.9 Å². The molecule has 2 fully saturated rings. The summed E-state index contributed by atoms with van der Waals surface area (Å²) in [5, 5.41) is 19.9. The van der Waals surface area contributed by atoms with E-state index in [9.17, 15) is 29.3 Å². The second-order valence-corrected chi connectivity index (χ2v) is 20.2. The number of pyridine rings is 1. The van der Waals surface area contributed by atoms with Crippen molar-refractivity contribution in [1.29, 1.82) is 0 Å². The lowest BCUT2D eigenvalue weighted by molar-refractivity contribution is -0.385. The second kappa shape index (κ2) is 24.2. The van der Waals surface area contributed by atoms with Crippen molar-refractivity contribution < 1.29 is 52.5 Å². The predicted octanol–water partition coefficient (Wildman–Crippen LogP) is 10.4. The second-order valence-electron chi connectivity index (χ2n) is 17.6. The maximum atomic E-state index is 13.8. The van der Waals surface area contributed by atoms with Gasteiger partial charge >= 0.3 is 12.2 Å². The summed E-state index contributed by atoms with van der Waals surface area (Å²) in [4.78, 5) is 69.9. The van der Waals surface area contributed by atoms with Crippen LogP contribution in [-0.4, -0.2) is 102 Å². The number of carbonyl (C=O) groups excluding carboxylic acids is 4. The molecule has 1 atom stereocenters. The predicted molar refractivity (Wildman–Crippen MR) is 263 cm³/mol. The zero-order valence-electron chi connectivity index (χ0n) is 39.8. The molecule has 18 nitrogen and oxygen atoms in total. The maximum Gasteiger partial charge on any atom is 0.412 e. The molecule has 1 aliphatic heterocycles. The molecule has 0 spiro atoms. The molecule has 0 bridgehead atoms. The Balaban J connectivity index is 1.20. The molecular weight excluding hydrogens is 917 g/mol. The van der Waals surface area contributed by atoms with Crippen molar-refractivity contribution in [3.05, 3.63) is 88.1 Å². The van der Waals surface area contributed by atoms with Gasteiger partial charge in [0.25, 0.3) is 17.5 Å². The number of hydrogen-bond donors (Lipinski definition) is 3. The molecule has 368 valence electrons. The van der Waals surface area contributed by atoms with E-state index in [-0.39, 0.29) is 77.0 Å². The van der Waals surface area contributed by atoms with Gasteiger partial charge in [-0.2, -0.15) is 0 Å². The normalized spacial score (nSPS) is 14.9. The van der Waals surface area contributed by atoms with Gasteiger partial charge in [0.15, 0.2) is 23.0 Å². The number of aromatic nitrogens is 1. The first kappa shape index (κ1) is 52.8. The Kier molecular flexibility index (Phi) is 18.8. The van der Waals surface area contributed by atoms with E-state index in [1.165, 1.54) is 60.2 Å². The summed E-state index contributed by atoms with van der Waals surface area (Å²) in [6.07, 6.45) is 5.48. The van der Waals surface area contributed by atoms with Crippen LogP contribution in [0.2, 0.25) is 0 Å². The Morgan fingerprint density at radius 1 is 0.926 bits per heavy atom. The van der Waals surface area contributed by atoms with Crippen LogP contribution >= 0.6 is 21.6 Å². The summed E-state index contributed by atoms with van der Waals surface area (Å²) in [5.41, 5.74) is 1.66. The molecule has 2 aliphatic rings. The molecule has 4 amide bonds. The van der Waals surface area contributed by atoms with Crippen molar-refractivity contribution in [3.8, 4) is 23.0 Å². The molecule has 5 rings (SSSR count). The van der Waals surface area contributed by atoms with E-state index in [0.717, 1.165) is 36.8 Å². The Labute approximate surface area is 405 Å². The maximum absolute atomic E-state index is 13.8. The SMILES string of the molecule is C=C(CCC)CNC(=O)c1cc(OC)c(OCCCCCOc2cc(NC(=O)OC(C)(C)C)c(C(=O)N3CC(=C)C[C@H]3C)cc2OC)cc1NC(=O)OCC1(SSc2ccc([N+](=O)[O-])cn2)CC1. The lowest BCUT2D eigenvalue weighted by Gasteiger charge is -2.24. The average Bonchev–Trinajstić information content (AvgIpc) is 3.99. The summed E-state index contributed by atoms with van der Waals surface area (Å²) < 4.78 is 34.4. The third kappa shape index (κ3) is 15.4. The van der Waals surface area contributed by atoms with Crippen LogP contribution in [0.5, 0.6) is 23.0 Å². The van der Waals surface area contributed by atoms with Crippen LogP contribution in [0.4, 0.5) is 26.7 Å². The molecule has 2 heterocycles. The molecule has 0 unspecified atom stereocenters. The fourth-order valence-corrected chi connectivity index (χ4v) is 9.53. The molecule has 3 N–H and O–H groups in total. The summed E-state index contributed by atoms with van der Waals surface area (Å²) in [5.74, 6) is 0.487. The Morgan fingerprint density at radius 2 is 1.54 bits per heavy atom. The van der Waals surface area contributed by atoms with Crippen LogP contribution in [0.25, 0.3) is 0 Å². The van der Waals surface area contributed by atoms with Gasteiger partial charge in [-0.05, 0) is 102 Å². The van der Waals surface area contributed by atoms with Crippen LogP contribution in [0.3, 0.4) is 0 Å². The lowest BCUT2D eigenvalue weighted by atomic mass is 10.1. The highest BCUT2D eigenvalue weighted by Crippen LogP contribution is 2.55. The summed E-state index contributed by atoms with van der Waals surface area (Å²) >= 11 is 0. The molecule has 2 aromatic carbocycles. The Hall–Kier alpha value is -6.15. The molecular formula is C48H62N6O12S2. The standard InChI is InChI=1S/C48H62N6O12S2/c1-10-14-30(2)26-50-43(55)34-22-38(61-8)40(24-36(34)51-45(57)65-29-48(17-18-48)68-67-42-16-15-33(27-49-42)54(59)60)63-19-12-11-13-20-64-41-25-37(52-46(58)66-47(5,6)7)35(23-39(41)62-9)44(56)53-28-31(3)21-32(53)4/h15-16,22-25,27,32H,2-3,10-14,17-21,26,28-29H2,1,4-9H3,(H,50,55)(H,51,57)(H,52,58)/t32-/m1/s1. The quantitative estimate of drug-likeness (QED) is 0.0250. The van der Waals surface area contributed by atoms with Gasteiger partial charge in [-0.3, -0.25) is 30.3 Å². The van der Waals surface area contributed by atoms with Crippen LogP contribution < -0.4 is 34.9 Å². The smallest absolute Gasteiger partial charge is 0.412 e. The largest absolute Gasteiger partial charge is 0.493 e. The van der Waals surface area contributed by atoms with Gasteiger partial charge in [0.2, 0.25) is 0 Å². The van der Waals surface area contributed by atoms with E-state index in [2.05, 4.69) is 34.1 Å². The molecule has 1 aliphatic carbocycles. The number of anilines is 2. The van der Waals surface area contributed by atoms with Gasteiger partial charge in [0, 0.05) is 37.3 Å². The van der Waals surface area contributed by atoms with Crippen molar-refractivity contribution in [1.82, 2.24) is 15.2 Å². The van der Waals surface area contributed by atoms with E-state index >= 15 is 0 Å². The van der Waals surface area contributed by atoms with E-state index in [0.29, 0.717) is 54.5 Å². The monoisotopic (exact) mass is 978 g/mol. The number of benzene rings is 2.